The molecule has 3 aromatic heterocycles. The summed E-state index contributed by atoms with van der Waals surface area (Å²) in [6.07, 6.45) is 3.91. The average Bonchev–Trinajstić information content (AvgIpc) is 2.93. The third-order valence-electron chi connectivity index (χ3n) is 2.57. The lowest BCUT2D eigenvalue weighted by molar-refractivity contribution is 0.554. The third-order valence-corrected chi connectivity index (χ3v) is 3.00. The van der Waals surface area contributed by atoms with Crippen LogP contribution in [0.15, 0.2) is 45.7 Å². The summed E-state index contributed by atoms with van der Waals surface area (Å²) >= 11 is 3.28. The van der Waals surface area contributed by atoms with E-state index in [-0.39, 0.29) is 0 Å². The fraction of sp³-hybridized carbons (Fsp3) is 0.0833. The number of nitrogens with zero attached hydrogens (tertiary/aromatic N) is 2. The molecule has 4 nitrogen and oxygen atoms in total. The molecule has 3 rings (SSSR count). The number of hydrogen-bond acceptors (Lipinski definition) is 3. The number of imidazole rings is 1. The van der Waals surface area contributed by atoms with E-state index >= 15 is 0 Å². The number of fused-ring (bicyclic) bond motifs is 1. The highest BCUT2D eigenvalue weighted by molar-refractivity contribution is 9.10. The number of nitrogens with two attached hydrogens (primary N) is 1. The van der Waals surface area contributed by atoms with E-state index in [4.69, 9.17) is 10.2 Å². The number of pyridine rings is 1. The molecule has 0 spiro atoms. The Hall–Kier alpha value is -1.59. The van der Waals surface area contributed by atoms with Gasteiger partial charge in [0.25, 0.3) is 0 Å². The molecule has 0 amide bonds. The Morgan fingerprint density at radius 1 is 1.24 bits per heavy atom. The lowest BCUT2D eigenvalue weighted by atomic mass is 10.3. The summed E-state index contributed by atoms with van der Waals surface area (Å²) in [4.78, 5) is 4.48. The smallest absolute Gasteiger partial charge is 0.169 e. The molecule has 0 unspecified atom stereocenters. The molecule has 0 aliphatic rings. The Kier molecular flexibility index (Phi) is 2.49. The maximum absolute atomic E-state index is 5.60. The molecule has 0 fully saturated rings. The molecule has 3 heterocycles. The second-order valence-electron chi connectivity index (χ2n) is 3.74. The molecule has 0 bridgehead atoms. The van der Waals surface area contributed by atoms with Gasteiger partial charge in [-0.15, -0.1) is 0 Å². The zero-order chi connectivity index (χ0) is 11.8. The minimum atomic E-state index is 0.524. The van der Waals surface area contributed by atoms with E-state index in [0.29, 0.717) is 11.2 Å². The van der Waals surface area contributed by atoms with Crippen LogP contribution < -0.4 is 5.73 Å². The van der Waals surface area contributed by atoms with Gasteiger partial charge in [-0.3, -0.25) is 0 Å². The predicted molar refractivity (Wildman–Crippen MR) is 68.5 cm³/mol. The van der Waals surface area contributed by atoms with Crippen LogP contribution in [0.2, 0.25) is 0 Å². The second kappa shape index (κ2) is 4.01. The molecule has 5 heteroatoms. The lowest BCUT2D eigenvalue weighted by Crippen LogP contribution is -1.97. The summed E-state index contributed by atoms with van der Waals surface area (Å²) in [5.41, 5.74) is 8.36. The molecule has 2 N–H and O–H groups in total. The Bertz CT molecular complexity index is 671. The molecule has 0 saturated carbocycles. The van der Waals surface area contributed by atoms with Crippen molar-refractivity contribution in [3.8, 4) is 11.5 Å². The van der Waals surface area contributed by atoms with E-state index in [0.717, 1.165) is 22.7 Å². The van der Waals surface area contributed by atoms with Crippen LogP contribution in [0.4, 0.5) is 0 Å². The maximum atomic E-state index is 5.60. The van der Waals surface area contributed by atoms with Gasteiger partial charge in [0.1, 0.15) is 11.3 Å². The summed E-state index contributed by atoms with van der Waals surface area (Å²) in [6.45, 7) is 0.524. The van der Waals surface area contributed by atoms with Gasteiger partial charge >= 0.3 is 0 Å². The molecule has 0 aliphatic carbocycles. The van der Waals surface area contributed by atoms with Gasteiger partial charge in [-0.2, -0.15) is 0 Å². The van der Waals surface area contributed by atoms with E-state index < -0.39 is 0 Å². The largest absolute Gasteiger partial charge is 0.448 e. The molecule has 0 saturated heterocycles. The van der Waals surface area contributed by atoms with Crippen LogP contribution >= 0.6 is 15.9 Å². The fourth-order valence-electron chi connectivity index (χ4n) is 1.73. The first-order valence-corrected chi connectivity index (χ1v) is 5.99. The molecule has 86 valence electrons. The van der Waals surface area contributed by atoms with Crippen molar-refractivity contribution in [2.24, 2.45) is 5.73 Å². The molecule has 0 aliphatic heterocycles. The van der Waals surface area contributed by atoms with Crippen molar-refractivity contribution in [2.45, 2.75) is 6.54 Å². The summed E-state index contributed by atoms with van der Waals surface area (Å²) in [7, 11) is 0. The second-order valence-corrected chi connectivity index (χ2v) is 4.52. The molecule has 0 atom stereocenters. The van der Waals surface area contributed by atoms with Crippen LogP contribution in [0.3, 0.4) is 0 Å². The normalized spacial score (nSPS) is 11.2. The summed E-state index contributed by atoms with van der Waals surface area (Å²) in [5.74, 6) is 0.745. The highest BCUT2D eigenvalue weighted by Gasteiger charge is 2.08. The predicted octanol–water partition coefficient (Wildman–Crippen LogP) is 2.82. The topological polar surface area (TPSA) is 56.5 Å². The fourth-order valence-corrected chi connectivity index (χ4v) is 2.04. The third kappa shape index (κ3) is 1.87. The Balaban J connectivity index is 2.13. The van der Waals surface area contributed by atoms with E-state index in [1.807, 2.05) is 41.1 Å². The van der Waals surface area contributed by atoms with Gasteiger partial charge in [0.15, 0.2) is 10.4 Å². The monoisotopic (exact) mass is 291 g/mol. The summed E-state index contributed by atoms with van der Waals surface area (Å²) in [5, 5.41) is 0. The Labute approximate surface area is 106 Å². The van der Waals surface area contributed by atoms with E-state index in [1.165, 1.54) is 0 Å². The van der Waals surface area contributed by atoms with Crippen LogP contribution in [0.25, 0.3) is 17.1 Å². The zero-order valence-corrected chi connectivity index (χ0v) is 10.5. The standard InChI is InChI=1S/C12H10BrN3O/c13-11-3-2-10(17-11)9-7-16-6-8(5-14)1-4-12(16)15-9/h1-4,6-7H,5,14H2. The maximum Gasteiger partial charge on any atom is 0.169 e. The molecule has 3 aromatic rings. The van der Waals surface area contributed by atoms with Crippen molar-refractivity contribution >= 4 is 21.6 Å². The number of rotatable bonds is 2. The van der Waals surface area contributed by atoms with Gasteiger partial charge in [-0.1, -0.05) is 6.07 Å². The Morgan fingerprint density at radius 2 is 2.12 bits per heavy atom. The van der Waals surface area contributed by atoms with Gasteiger partial charge in [-0.25, -0.2) is 4.98 Å². The van der Waals surface area contributed by atoms with Crippen molar-refractivity contribution in [1.82, 2.24) is 9.38 Å². The van der Waals surface area contributed by atoms with Crippen molar-refractivity contribution in [3.05, 3.63) is 46.9 Å². The average molecular weight is 292 g/mol. The van der Waals surface area contributed by atoms with Crippen LogP contribution in [0.5, 0.6) is 0 Å². The van der Waals surface area contributed by atoms with E-state index in [2.05, 4.69) is 20.9 Å². The molecular weight excluding hydrogens is 282 g/mol. The number of hydrogen-bond donors (Lipinski definition) is 1. The SMILES string of the molecule is NCc1ccc2nc(-c3ccc(Br)o3)cn2c1. The van der Waals surface area contributed by atoms with Crippen molar-refractivity contribution < 1.29 is 4.42 Å². The number of furan rings is 1. The van der Waals surface area contributed by atoms with Gasteiger partial charge < -0.3 is 14.6 Å². The van der Waals surface area contributed by atoms with Crippen molar-refractivity contribution in [2.75, 3.05) is 0 Å². The highest BCUT2D eigenvalue weighted by atomic mass is 79.9. The zero-order valence-electron chi connectivity index (χ0n) is 8.93. The molecule has 0 aromatic carbocycles. The summed E-state index contributed by atoms with van der Waals surface area (Å²) < 4.78 is 8.13. The molecule has 17 heavy (non-hydrogen) atoms. The minimum Gasteiger partial charge on any atom is -0.448 e. The van der Waals surface area contributed by atoms with Gasteiger partial charge in [0, 0.05) is 18.9 Å². The van der Waals surface area contributed by atoms with Crippen LogP contribution in [0, 0.1) is 0 Å². The number of aromatic nitrogens is 2. The van der Waals surface area contributed by atoms with E-state index in [9.17, 15) is 0 Å². The van der Waals surface area contributed by atoms with E-state index in [1.54, 1.807) is 0 Å². The summed E-state index contributed by atoms with van der Waals surface area (Å²) in [6, 6.07) is 7.66. The quantitative estimate of drug-likeness (QED) is 0.790. The first-order chi connectivity index (χ1) is 8.26. The molecule has 0 radical (unpaired) electrons. The van der Waals surface area contributed by atoms with Gasteiger partial charge in [0.2, 0.25) is 0 Å². The first kappa shape index (κ1) is 10.6. The minimum absolute atomic E-state index is 0.524. The van der Waals surface area contributed by atoms with Crippen molar-refractivity contribution in [3.63, 3.8) is 0 Å². The first-order valence-electron chi connectivity index (χ1n) is 5.19. The van der Waals surface area contributed by atoms with Crippen LogP contribution in [-0.4, -0.2) is 9.38 Å². The van der Waals surface area contributed by atoms with Gasteiger partial charge in [-0.05, 0) is 39.7 Å². The Morgan fingerprint density at radius 3 is 2.82 bits per heavy atom. The lowest BCUT2D eigenvalue weighted by Gasteiger charge is -1.96. The van der Waals surface area contributed by atoms with Gasteiger partial charge in [0.05, 0.1) is 0 Å². The highest BCUT2D eigenvalue weighted by Crippen LogP contribution is 2.24. The molecular formula is C12H10BrN3O. The number of halogens is 1. The van der Waals surface area contributed by atoms with Crippen molar-refractivity contribution in [1.29, 1.82) is 0 Å². The van der Waals surface area contributed by atoms with Crippen LogP contribution in [-0.2, 0) is 6.54 Å². The van der Waals surface area contributed by atoms with Crippen LogP contribution in [0.1, 0.15) is 5.56 Å².